The van der Waals surface area contributed by atoms with Crippen molar-refractivity contribution in [2.24, 2.45) is 5.92 Å². The van der Waals surface area contributed by atoms with Gasteiger partial charge in [0.2, 0.25) is 5.91 Å². The number of amides is 1. The first-order valence-corrected chi connectivity index (χ1v) is 5.75. The SMILES string of the molecule is COCCC(C)(O)CNC(=O)C1CCNC1. The predicted octanol–water partition coefficient (Wildman–Crippen LogP) is -0.500. The molecule has 5 nitrogen and oxygen atoms in total. The zero-order valence-electron chi connectivity index (χ0n) is 10.1. The lowest BCUT2D eigenvalue weighted by atomic mass is 10.0. The Balaban J connectivity index is 2.24. The molecule has 0 bridgehead atoms. The molecule has 1 amide bonds. The van der Waals surface area contributed by atoms with E-state index in [-0.39, 0.29) is 18.4 Å². The Labute approximate surface area is 96.6 Å². The van der Waals surface area contributed by atoms with Crippen molar-refractivity contribution in [3.05, 3.63) is 0 Å². The van der Waals surface area contributed by atoms with Gasteiger partial charge >= 0.3 is 0 Å². The maximum absolute atomic E-state index is 11.7. The van der Waals surface area contributed by atoms with Gasteiger partial charge in [0.05, 0.1) is 11.5 Å². The summed E-state index contributed by atoms with van der Waals surface area (Å²) in [4.78, 5) is 11.7. The Morgan fingerprint density at radius 3 is 3.00 bits per heavy atom. The van der Waals surface area contributed by atoms with Crippen LogP contribution in [0.5, 0.6) is 0 Å². The molecule has 0 aromatic rings. The summed E-state index contributed by atoms with van der Waals surface area (Å²) in [6.07, 6.45) is 1.40. The zero-order chi connectivity index (χ0) is 12.0. The summed E-state index contributed by atoms with van der Waals surface area (Å²) in [5, 5.41) is 15.9. The Morgan fingerprint density at radius 2 is 2.44 bits per heavy atom. The Bertz CT molecular complexity index is 225. The maximum Gasteiger partial charge on any atom is 0.224 e. The Morgan fingerprint density at radius 1 is 1.69 bits per heavy atom. The lowest BCUT2D eigenvalue weighted by Gasteiger charge is -2.24. The van der Waals surface area contributed by atoms with Crippen LogP contribution in [0.2, 0.25) is 0 Å². The van der Waals surface area contributed by atoms with Gasteiger partial charge in [0.15, 0.2) is 0 Å². The van der Waals surface area contributed by atoms with Crippen LogP contribution in [0.15, 0.2) is 0 Å². The maximum atomic E-state index is 11.7. The molecule has 1 saturated heterocycles. The molecule has 1 fully saturated rings. The monoisotopic (exact) mass is 230 g/mol. The summed E-state index contributed by atoms with van der Waals surface area (Å²) in [5.41, 5.74) is -0.891. The average Bonchev–Trinajstić information content (AvgIpc) is 2.77. The number of hydrogen-bond acceptors (Lipinski definition) is 4. The fraction of sp³-hybridized carbons (Fsp3) is 0.909. The third-order valence-electron chi connectivity index (χ3n) is 2.92. The minimum atomic E-state index is -0.891. The van der Waals surface area contributed by atoms with Crippen molar-refractivity contribution in [3.8, 4) is 0 Å². The molecule has 2 atom stereocenters. The largest absolute Gasteiger partial charge is 0.388 e. The molecule has 1 heterocycles. The molecule has 94 valence electrons. The molecule has 16 heavy (non-hydrogen) atoms. The molecule has 0 aliphatic carbocycles. The van der Waals surface area contributed by atoms with Crippen LogP contribution >= 0.6 is 0 Å². The second-order valence-electron chi connectivity index (χ2n) is 4.65. The molecule has 2 unspecified atom stereocenters. The number of methoxy groups -OCH3 is 1. The van der Waals surface area contributed by atoms with Crippen molar-refractivity contribution < 1.29 is 14.6 Å². The van der Waals surface area contributed by atoms with E-state index < -0.39 is 5.60 Å². The van der Waals surface area contributed by atoms with Gasteiger partial charge in [-0.05, 0) is 19.9 Å². The fourth-order valence-electron chi connectivity index (χ4n) is 1.71. The molecule has 1 rings (SSSR count). The number of hydrogen-bond donors (Lipinski definition) is 3. The van der Waals surface area contributed by atoms with Crippen LogP contribution in [-0.4, -0.2) is 50.0 Å². The van der Waals surface area contributed by atoms with Crippen molar-refractivity contribution in [2.45, 2.75) is 25.4 Å². The number of nitrogens with one attached hydrogen (secondary N) is 2. The highest BCUT2D eigenvalue weighted by Crippen LogP contribution is 2.10. The van der Waals surface area contributed by atoms with Gasteiger partial charge in [-0.1, -0.05) is 0 Å². The molecule has 1 aliphatic heterocycles. The van der Waals surface area contributed by atoms with E-state index in [1.54, 1.807) is 14.0 Å². The highest BCUT2D eigenvalue weighted by molar-refractivity contribution is 5.79. The van der Waals surface area contributed by atoms with E-state index >= 15 is 0 Å². The van der Waals surface area contributed by atoms with Crippen LogP contribution in [-0.2, 0) is 9.53 Å². The minimum absolute atomic E-state index is 0.0303. The number of aliphatic hydroxyl groups is 1. The summed E-state index contributed by atoms with van der Waals surface area (Å²) in [5.74, 6) is 0.0842. The van der Waals surface area contributed by atoms with Crippen LogP contribution < -0.4 is 10.6 Å². The summed E-state index contributed by atoms with van der Waals surface area (Å²) < 4.78 is 4.90. The Kier molecular flexibility index (Phi) is 5.18. The van der Waals surface area contributed by atoms with Gasteiger partial charge in [-0.15, -0.1) is 0 Å². The highest BCUT2D eigenvalue weighted by Gasteiger charge is 2.25. The van der Waals surface area contributed by atoms with Crippen molar-refractivity contribution in [1.82, 2.24) is 10.6 Å². The number of ether oxygens (including phenoxy) is 1. The lowest BCUT2D eigenvalue weighted by molar-refractivity contribution is -0.125. The van der Waals surface area contributed by atoms with Crippen LogP contribution in [0.25, 0.3) is 0 Å². The van der Waals surface area contributed by atoms with Gasteiger partial charge in [0, 0.05) is 33.2 Å². The van der Waals surface area contributed by atoms with E-state index in [1.165, 1.54) is 0 Å². The third kappa shape index (κ3) is 4.47. The zero-order valence-corrected chi connectivity index (χ0v) is 10.1. The van der Waals surface area contributed by atoms with E-state index in [4.69, 9.17) is 4.74 Å². The van der Waals surface area contributed by atoms with Crippen LogP contribution in [0.3, 0.4) is 0 Å². The summed E-state index contributed by atoms with van der Waals surface area (Å²) in [6.45, 7) is 4.13. The first-order chi connectivity index (χ1) is 7.55. The first kappa shape index (κ1) is 13.4. The van der Waals surface area contributed by atoms with Gasteiger partial charge in [-0.3, -0.25) is 4.79 Å². The summed E-state index contributed by atoms with van der Waals surface area (Å²) in [7, 11) is 1.60. The standard InChI is InChI=1S/C11H22N2O3/c1-11(15,4-6-16-2)8-13-10(14)9-3-5-12-7-9/h9,12,15H,3-8H2,1-2H3,(H,13,14). The second kappa shape index (κ2) is 6.18. The molecular formula is C11H22N2O3. The van der Waals surface area contributed by atoms with Gasteiger partial charge in [-0.25, -0.2) is 0 Å². The van der Waals surface area contributed by atoms with E-state index in [9.17, 15) is 9.90 Å². The van der Waals surface area contributed by atoms with Crippen molar-refractivity contribution >= 4 is 5.91 Å². The van der Waals surface area contributed by atoms with E-state index in [0.717, 1.165) is 19.5 Å². The topological polar surface area (TPSA) is 70.6 Å². The summed E-state index contributed by atoms with van der Waals surface area (Å²) >= 11 is 0. The number of carbonyl (C=O) groups excluding carboxylic acids is 1. The Hall–Kier alpha value is -0.650. The summed E-state index contributed by atoms with van der Waals surface area (Å²) in [6, 6.07) is 0. The molecule has 3 N–H and O–H groups in total. The van der Waals surface area contributed by atoms with Gasteiger partial charge in [-0.2, -0.15) is 0 Å². The molecule has 0 radical (unpaired) electrons. The normalized spacial score (nSPS) is 24.1. The van der Waals surface area contributed by atoms with Crippen molar-refractivity contribution in [1.29, 1.82) is 0 Å². The molecular weight excluding hydrogens is 208 g/mol. The van der Waals surface area contributed by atoms with Crippen LogP contribution in [0.4, 0.5) is 0 Å². The molecule has 0 aromatic heterocycles. The first-order valence-electron chi connectivity index (χ1n) is 5.75. The van der Waals surface area contributed by atoms with Crippen LogP contribution in [0, 0.1) is 5.92 Å². The molecule has 5 heteroatoms. The van der Waals surface area contributed by atoms with Crippen molar-refractivity contribution in [3.63, 3.8) is 0 Å². The smallest absolute Gasteiger partial charge is 0.224 e. The third-order valence-corrected chi connectivity index (χ3v) is 2.92. The van der Waals surface area contributed by atoms with Gasteiger partial charge < -0.3 is 20.5 Å². The van der Waals surface area contributed by atoms with Gasteiger partial charge in [0.25, 0.3) is 0 Å². The van der Waals surface area contributed by atoms with E-state index in [0.29, 0.717) is 13.0 Å². The lowest BCUT2D eigenvalue weighted by Crippen LogP contribution is -2.43. The molecule has 0 aromatic carbocycles. The number of carbonyl (C=O) groups is 1. The predicted molar refractivity (Wildman–Crippen MR) is 61.1 cm³/mol. The fourth-order valence-corrected chi connectivity index (χ4v) is 1.71. The van der Waals surface area contributed by atoms with E-state index in [1.807, 2.05) is 0 Å². The quantitative estimate of drug-likeness (QED) is 0.575. The van der Waals surface area contributed by atoms with Crippen LogP contribution in [0.1, 0.15) is 19.8 Å². The number of rotatable bonds is 6. The van der Waals surface area contributed by atoms with Crippen molar-refractivity contribution in [2.75, 3.05) is 33.4 Å². The minimum Gasteiger partial charge on any atom is -0.388 e. The molecule has 0 spiro atoms. The highest BCUT2D eigenvalue weighted by atomic mass is 16.5. The average molecular weight is 230 g/mol. The molecule has 0 saturated carbocycles. The van der Waals surface area contributed by atoms with E-state index in [2.05, 4.69) is 10.6 Å². The second-order valence-corrected chi connectivity index (χ2v) is 4.65. The molecule has 1 aliphatic rings. The van der Waals surface area contributed by atoms with Gasteiger partial charge in [0.1, 0.15) is 0 Å².